The number of rotatable bonds is 6. The first kappa shape index (κ1) is 21.3. The van der Waals surface area contributed by atoms with Crippen LogP contribution in [0.15, 0.2) is 65.6 Å². The highest BCUT2D eigenvalue weighted by Gasteiger charge is 2.21. The number of hydrogen-bond acceptors (Lipinski definition) is 2. The molecule has 3 rings (SSSR count). The van der Waals surface area contributed by atoms with Gasteiger partial charge in [0.1, 0.15) is 0 Å². The van der Waals surface area contributed by atoms with Crippen molar-refractivity contribution in [1.82, 2.24) is 0 Å². The molecule has 0 aromatic heterocycles. The van der Waals surface area contributed by atoms with Crippen LogP contribution in [0.25, 0.3) is 0 Å². The molecule has 3 aromatic rings. The SMILES string of the molecule is Cc1ccc(C(=O)C[C@H](Sc2cccc(Cl)c2Cl)c2ccc(Cl)cc2)cc1C. The molecule has 0 bridgehead atoms. The lowest BCUT2D eigenvalue weighted by Gasteiger charge is -2.18. The third-order valence-corrected chi connectivity index (χ3v) is 7.13. The molecule has 0 saturated carbocycles. The average Bonchev–Trinajstić information content (AvgIpc) is 2.67. The third kappa shape index (κ3) is 5.12. The van der Waals surface area contributed by atoms with Gasteiger partial charge in [0.2, 0.25) is 0 Å². The minimum atomic E-state index is -0.109. The zero-order chi connectivity index (χ0) is 20.3. The number of carbonyl (C=O) groups is 1. The fourth-order valence-electron chi connectivity index (χ4n) is 2.83. The maximum atomic E-state index is 13.0. The summed E-state index contributed by atoms with van der Waals surface area (Å²) in [6, 6.07) is 18.9. The minimum absolute atomic E-state index is 0.0914. The van der Waals surface area contributed by atoms with E-state index >= 15 is 0 Å². The molecule has 0 amide bonds. The summed E-state index contributed by atoms with van der Waals surface area (Å²) in [4.78, 5) is 13.9. The van der Waals surface area contributed by atoms with E-state index in [1.165, 1.54) is 17.3 Å². The van der Waals surface area contributed by atoms with Crippen molar-refractivity contribution in [3.8, 4) is 0 Å². The molecule has 5 heteroatoms. The molecule has 0 unspecified atom stereocenters. The molecule has 0 spiro atoms. The van der Waals surface area contributed by atoms with Crippen molar-refractivity contribution in [2.24, 2.45) is 0 Å². The Morgan fingerprint density at radius 1 is 0.929 bits per heavy atom. The van der Waals surface area contributed by atoms with E-state index < -0.39 is 0 Å². The monoisotopic (exact) mass is 448 g/mol. The molecule has 0 aliphatic rings. The Kier molecular flexibility index (Phi) is 7.11. The summed E-state index contributed by atoms with van der Waals surface area (Å²) < 4.78 is 0. The number of carbonyl (C=O) groups excluding carboxylic acids is 1. The van der Waals surface area contributed by atoms with E-state index in [1.54, 1.807) is 6.07 Å². The van der Waals surface area contributed by atoms with Gasteiger partial charge < -0.3 is 0 Å². The van der Waals surface area contributed by atoms with Gasteiger partial charge in [-0.15, -0.1) is 11.8 Å². The zero-order valence-corrected chi connectivity index (χ0v) is 18.6. The summed E-state index contributed by atoms with van der Waals surface area (Å²) in [5.74, 6) is 0.0914. The van der Waals surface area contributed by atoms with Gasteiger partial charge in [-0.2, -0.15) is 0 Å². The molecule has 0 N–H and O–H groups in total. The van der Waals surface area contributed by atoms with Crippen LogP contribution in [-0.2, 0) is 0 Å². The van der Waals surface area contributed by atoms with Crippen molar-refractivity contribution in [2.75, 3.05) is 0 Å². The fourth-order valence-corrected chi connectivity index (χ4v) is 4.66. The molecule has 0 aliphatic carbocycles. The van der Waals surface area contributed by atoms with Gasteiger partial charge in [0.15, 0.2) is 5.78 Å². The van der Waals surface area contributed by atoms with Crippen molar-refractivity contribution < 1.29 is 4.79 Å². The summed E-state index contributed by atoms with van der Waals surface area (Å²) in [5, 5.41) is 1.56. The van der Waals surface area contributed by atoms with Crippen LogP contribution in [0.1, 0.15) is 38.7 Å². The highest BCUT2D eigenvalue weighted by molar-refractivity contribution is 7.99. The summed E-state index contributed by atoms with van der Waals surface area (Å²) in [6.07, 6.45) is 0.345. The van der Waals surface area contributed by atoms with Crippen LogP contribution in [0.4, 0.5) is 0 Å². The molecule has 0 fully saturated rings. The second-order valence-corrected chi connectivity index (χ2v) is 9.10. The van der Waals surface area contributed by atoms with Crippen LogP contribution in [0, 0.1) is 13.8 Å². The van der Waals surface area contributed by atoms with E-state index in [0.29, 0.717) is 21.5 Å². The molecule has 1 nitrogen and oxygen atoms in total. The lowest BCUT2D eigenvalue weighted by atomic mass is 9.99. The summed E-state index contributed by atoms with van der Waals surface area (Å²) in [5.41, 5.74) is 4.02. The van der Waals surface area contributed by atoms with Crippen LogP contribution in [0.3, 0.4) is 0 Å². The van der Waals surface area contributed by atoms with Crippen LogP contribution in [0.2, 0.25) is 15.1 Å². The van der Waals surface area contributed by atoms with Gasteiger partial charge in [0.25, 0.3) is 0 Å². The number of thioether (sulfide) groups is 1. The van der Waals surface area contributed by atoms with E-state index in [9.17, 15) is 4.79 Å². The minimum Gasteiger partial charge on any atom is -0.294 e. The summed E-state index contributed by atoms with van der Waals surface area (Å²) in [6.45, 7) is 4.06. The summed E-state index contributed by atoms with van der Waals surface area (Å²) in [7, 11) is 0. The Hall–Kier alpha value is -1.45. The number of hydrogen-bond donors (Lipinski definition) is 0. The van der Waals surface area contributed by atoms with Crippen LogP contribution in [-0.4, -0.2) is 5.78 Å². The Labute approximate surface area is 185 Å². The number of aryl methyl sites for hydroxylation is 2. The van der Waals surface area contributed by atoms with E-state index in [1.807, 2.05) is 68.4 Å². The van der Waals surface area contributed by atoms with Crippen LogP contribution in [0.5, 0.6) is 0 Å². The number of halogens is 3. The third-order valence-electron chi connectivity index (χ3n) is 4.63. The molecular weight excluding hydrogens is 431 g/mol. The van der Waals surface area contributed by atoms with Crippen molar-refractivity contribution in [3.63, 3.8) is 0 Å². The lowest BCUT2D eigenvalue weighted by molar-refractivity contribution is 0.0982. The predicted molar refractivity (Wildman–Crippen MR) is 121 cm³/mol. The molecule has 3 aromatic carbocycles. The van der Waals surface area contributed by atoms with E-state index in [4.69, 9.17) is 34.8 Å². The number of ketones is 1. The van der Waals surface area contributed by atoms with Crippen molar-refractivity contribution in [1.29, 1.82) is 0 Å². The normalized spacial score (nSPS) is 12.0. The standard InChI is InChI=1S/C23H19Cl3OS/c1-14-6-7-17(12-15(14)2)20(27)13-22(16-8-10-18(24)11-9-16)28-21-5-3-4-19(25)23(21)26/h3-12,22H,13H2,1-2H3/t22-/m0/s1. The number of benzene rings is 3. The van der Waals surface area contributed by atoms with Crippen LogP contribution >= 0.6 is 46.6 Å². The first-order chi connectivity index (χ1) is 13.3. The van der Waals surface area contributed by atoms with E-state index in [2.05, 4.69) is 0 Å². The Bertz CT molecular complexity index is 999. The fraction of sp³-hybridized carbons (Fsp3) is 0.174. The molecule has 1 atom stereocenters. The Morgan fingerprint density at radius 3 is 2.32 bits per heavy atom. The average molecular weight is 450 g/mol. The van der Waals surface area contributed by atoms with Gasteiger partial charge in [0.05, 0.1) is 10.0 Å². The Balaban J connectivity index is 1.91. The Morgan fingerprint density at radius 2 is 1.64 bits per heavy atom. The molecule has 0 radical (unpaired) electrons. The van der Waals surface area contributed by atoms with Gasteiger partial charge in [-0.3, -0.25) is 4.79 Å². The molecule has 0 saturated heterocycles. The smallest absolute Gasteiger partial charge is 0.164 e. The van der Waals surface area contributed by atoms with Crippen molar-refractivity contribution in [2.45, 2.75) is 30.4 Å². The molecule has 0 heterocycles. The quantitative estimate of drug-likeness (QED) is 0.278. The molecule has 0 aliphatic heterocycles. The summed E-state index contributed by atoms with van der Waals surface area (Å²) >= 11 is 20.1. The number of Topliss-reactive ketones (excluding diaryl/α,β-unsaturated/α-hetero) is 1. The van der Waals surface area contributed by atoms with E-state index in [0.717, 1.165) is 21.6 Å². The molecule has 28 heavy (non-hydrogen) atoms. The zero-order valence-electron chi connectivity index (χ0n) is 15.5. The van der Waals surface area contributed by atoms with Gasteiger partial charge in [-0.05, 0) is 60.9 Å². The predicted octanol–water partition coefficient (Wildman–Crippen LogP) is 8.37. The lowest BCUT2D eigenvalue weighted by Crippen LogP contribution is -2.06. The topological polar surface area (TPSA) is 17.1 Å². The van der Waals surface area contributed by atoms with Crippen molar-refractivity contribution >= 4 is 52.3 Å². The second kappa shape index (κ2) is 9.37. The van der Waals surface area contributed by atoms with E-state index in [-0.39, 0.29) is 11.0 Å². The first-order valence-corrected chi connectivity index (χ1v) is 10.8. The first-order valence-electron chi connectivity index (χ1n) is 8.81. The maximum Gasteiger partial charge on any atom is 0.164 e. The highest BCUT2D eigenvalue weighted by atomic mass is 35.5. The van der Waals surface area contributed by atoms with Gasteiger partial charge in [-0.25, -0.2) is 0 Å². The van der Waals surface area contributed by atoms with Gasteiger partial charge in [0, 0.05) is 27.2 Å². The largest absolute Gasteiger partial charge is 0.294 e. The van der Waals surface area contributed by atoms with Crippen molar-refractivity contribution in [3.05, 3.63) is 98.0 Å². The maximum absolute atomic E-state index is 13.0. The second-order valence-electron chi connectivity index (χ2n) is 6.64. The van der Waals surface area contributed by atoms with Gasteiger partial charge in [-0.1, -0.05) is 65.1 Å². The van der Waals surface area contributed by atoms with Crippen LogP contribution < -0.4 is 0 Å². The molecular formula is C23H19Cl3OS. The van der Waals surface area contributed by atoms with Gasteiger partial charge >= 0.3 is 0 Å². The highest BCUT2D eigenvalue weighted by Crippen LogP contribution is 2.43. The molecule has 144 valence electrons.